The van der Waals surface area contributed by atoms with Crippen molar-refractivity contribution in [2.75, 3.05) is 0 Å². The lowest BCUT2D eigenvalue weighted by Gasteiger charge is -2.12. The summed E-state index contributed by atoms with van der Waals surface area (Å²) in [5.41, 5.74) is 0. The molecule has 10 heavy (non-hydrogen) atoms. The van der Waals surface area contributed by atoms with Gasteiger partial charge in [0.15, 0.2) is 0 Å². The zero-order valence-electron chi connectivity index (χ0n) is 6.55. The SMILES string of the molecule is CC(C)OC(=O)[C@H](C)NP. The molecule has 0 aliphatic rings. The van der Waals surface area contributed by atoms with E-state index in [0.29, 0.717) is 0 Å². The molecule has 0 rings (SSSR count). The van der Waals surface area contributed by atoms with Gasteiger partial charge in [-0.15, -0.1) is 0 Å². The number of ether oxygens (including phenoxy) is 1. The van der Waals surface area contributed by atoms with Gasteiger partial charge in [0.05, 0.1) is 6.10 Å². The number of carbonyl (C=O) groups excluding carboxylic acids is 1. The van der Waals surface area contributed by atoms with Gasteiger partial charge in [-0.2, -0.15) is 0 Å². The minimum atomic E-state index is -0.243. The number of nitrogens with one attached hydrogen (secondary N) is 1. The number of hydrogen-bond acceptors (Lipinski definition) is 3. The maximum absolute atomic E-state index is 10.9. The monoisotopic (exact) mass is 163 g/mol. The first-order valence-electron chi connectivity index (χ1n) is 3.24. The van der Waals surface area contributed by atoms with Crippen LogP contribution in [0.25, 0.3) is 0 Å². The summed E-state index contributed by atoms with van der Waals surface area (Å²) in [4.78, 5) is 10.9. The van der Waals surface area contributed by atoms with Crippen LogP contribution >= 0.6 is 9.39 Å². The number of carbonyl (C=O) groups is 1. The molecule has 0 aliphatic heterocycles. The Hall–Kier alpha value is -0.140. The third-order valence-corrected chi connectivity index (χ3v) is 1.46. The number of esters is 1. The van der Waals surface area contributed by atoms with E-state index in [-0.39, 0.29) is 18.1 Å². The summed E-state index contributed by atoms with van der Waals surface area (Å²) in [7, 11) is 2.27. The van der Waals surface area contributed by atoms with Crippen molar-refractivity contribution in [3.63, 3.8) is 0 Å². The summed E-state index contributed by atoms with van der Waals surface area (Å²) in [6.45, 7) is 5.40. The first kappa shape index (κ1) is 9.86. The van der Waals surface area contributed by atoms with Crippen LogP contribution in [-0.4, -0.2) is 18.1 Å². The summed E-state index contributed by atoms with van der Waals surface area (Å²) in [5, 5.41) is 2.71. The van der Waals surface area contributed by atoms with E-state index in [9.17, 15) is 4.79 Å². The molecule has 0 spiro atoms. The fraction of sp³-hybridized carbons (Fsp3) is 0.833. The molecular weight excluding hydrogens is 149 g/mol. The van der Waals surface area contributed by atoms with Crippen molar-refractivity contribution in [3.05, 3.63) is 0 Å². The second-order valence-electron chi connectivity index (χ2n) is 2.37. The second-order valence-corrected chi connectivity index (χ2v) is 2.71. The Morgan fingerprint density at radius 2 is 2.00 bits per heavy atom. The fourth-order valence-electron chi connectivity index (χ4n) is 0.402. The molecule has 0 saturated heterocycles. The summed E-state index contributed by atoms with van der Waals surface area (Å²) < 4.78 is 4.89. The van der Waals surface area contributed by atoms with Crippen molar-refractivity contribution in [3.8, 4) is 0 Å². The lowest BCUT2D eigenvalue weighted by Crippen LogP contribution is -2.30. The quantitative estimate of drug-likeness (QED) is 0.491. The Labute approximate surface area is 63.8 Å². The Kier molecular flexibility index (Phi) is 4.58. The molecule has 0 fully saturated rings. The predicted molar refractivity (Wildman–Crippen MR) is 43.5 cm³/mol. The van der Waals surface area contributed by atoms with Crippen LogP contribution < -0.4 is 5.09 Å². The van der Waals surface area contributed by atoms with Crippen LogP contribution in [0.3, 0.4) is 0 Å². The van der Waals surface area contributed by atoms with Gasteiger partial charge in [0.2, 0.25) is 0 Å². The molecule has 60 valence electrons. The van der Waals surface area contributed by atoms with Gasteiger partial charge in [-0.25, -0.2) is 0 Å². The average molecular weight is 163 g/mol. The van der Waals surface area contributed by atoms with E-state index in [4.69, 9.17) is 4.74 Å². The largest absolute Gasteiger partial charge is 0.462 e. The van der Waals surface area contributed by atoms with Gasteiger partial charge in [0.1, 0.15) is 6.04 Å². The van der Waals surface area contributed by atoms with E-state index in [1.165, 1.54) is 0 Å². The highest BCUT2D eigenvalue weighted by atomic mass is 31.0. The zero-order chi connectivity index (χ0) is 8.15. The first-order valence-corrected chi connectivity index (χ1v) is 3.82. The maximum atomic E-state index is 10.9. The van der Waals surface area contributed by atoms with Gasteiger partial charge < -0.3 is 4.74 Å². The molecule has 1 unspecified atom stereocenters. The molecule has 0 saturated carbocycles. The van der Waals surface area contributed by atoms with Crippen molar-refractivity contribution in [1.29, 1.82) is 0 Å². The molecular formula is C6H14NO2P. The van der Waals surface area contributed by atoms with E-state index in [1.807, 2.05) is 13.8 Å². The lowest BCUT2D eigenvalue weighted by atomic mass is 10.4. The Bertz CT molecular complexity index is 116. The lowest BCUT2D eigenvalue weighted by molar-refractivity contribution is -0.148. The topological polar surface area (TPSA) is 38.3 Å². The summed E-state index contributed by atoms with van der Waals surface area (Å²) >= 11 is 0. The molecule has 3 nitrogen and oxygen atoms in total. The van der Waals surface area contributed by atoms with Gasteiger partial charge in [-0.3, -0.25) is 9.88 Å². The van der Waals surface area contributed by atoms with E-state index < -0.39 is 0 Å². The second kappa shape index (κ2) is 4.64. The maximum Gasteiger partial charge on any atom is 0.323 e. The Morgan fingerprint density at radius 3 is 2.30 bits per heavy atom. The zero-order valence-corrected chi connectivity index (χ0v) is 7.70. The number of rotatable bonds is 3. The molecule has 2 atom stereocenters. The molecule has 0 bridgehead atoms. The minimum Gasteiger partial charge on any atom is -0.462 e. The van der Waals surface area contributed by atoms with Crippen LogP contribution in [0.2, 0.25) is 0 Å². The van der Waals surface area contributed by atoms with Crippen LogP contribution in [0.5, 0.6) is 0 Å². The average Bonchev–Trinajstić information content (AvgIpc) is 1.85. The minimum absolute atomic E-state index is 0.0340. The predicted octanol–water partition coefficient (Wildman–Crippen LogP) is 0.706. The van der Waals surface area contributed by atoms with Crippen LogP contribution in [0.4, 0.5) is 0 Å². The third kappa shape index (κ3) is 3.80. The van der Waals surface area contributed by atoms with Crippen LogP contribution in [0.1, 0.15) is 20.8 Å². The van der Waals surface area contributed by atoms with E-state index in [0.717, 1.165) is 0 Å². The molecule has 0 aromatic heterocycles. The van der Waals surface area contributed by atoms with Crippen molar-refractivity contribution < 1.29 is 9.53 Å². The Balaban J connectivity index is 3.62. The molecule has 0 aliphatic carbocycles. The molecule has 0 aromatic rings. The van der Waals surface area contributed by atoms with Gasteiger partial charge in [0.25, 0.3) is 0 Å². The van der Waals surface area contributed by atoms with Crippen molar-refractivity contribution in [1.82, 2.24) is 5.09 Å². The highest BCUT2D eigenvalue weighted by Crippen LogP contribution is 1.94. The molecule has 1 N–H and O–H groups in total. The van der Waals surface area contributed by atoms with Gasteiger partial charge >= 0.3 is 5.97 Å². The smallest absolute Gasteiger partial charge is 0.323 e. The van der Waals surface area contributed by atoms with Crippen molar-refractivity contribution in [2.24, 2.45) is 0 Å². The molecule has 4 heteroatoms. The first-order chi connectivity index (χ1) is 4.57. The van der Waals surface area contributed by atoms with Crippen molar-refractivity contribution >= 4 is 15.4 Å². The van der Waals surface area contributed by atoms with Gasteiger partial charge in [0, 0.05) is 0 Å². The van der Waals surface area contributed by atoms with E-state index in [2.05, 4.69) is 14.5 Å². The van der Waals surface area contributed by atoms with Crippen LogP contribution in [-0.2, 0) is 9.53 Å². The summed E-state index contributed by atoms with van der Waals surface area (Å²) in [6, 6.07) is -0.243. The van der Waals surface area contributed by atoms with Crippen LogP contribution in [0, 0.1) is 0 Å². The molecule has 0 radical (unpaired) electrons. The summed E-state index contributed by atoms with van der Waals surface area (Å²) in [6.07, 6.45) is -0.0340. The van der Waals surface area contributed by atoms with Gasteiger partial charge in [-0.05, 0) is 20.8 Å². The highest BCUT2D eigenvalue weighted by Gasteiger charge is 2.12. The standard InChI is InChI=1S/C6H14NO2P/c1-4(2)9-6(8)5(3)7-10/h4-5,7H,10H2,1-3H3/t5-/m0/s1. The van der Waals surface area contributed by atoms with Crippen molar-refractivity contribution in [2.45, 2.75) is 32.9 Å². The summed E-state index contributed by atoms with van der Waals surface area (Å²) in [5.74, 6) is -0.218. The normalized spacial score (nSPS) is 13.3. The highest BCUT2D eigenvalue weighted by molar-refractivity contribution is 7.13. The number of hydrogen-bond donors (Lipinski definition) is 1. The van der Waals surface area contributed by atoms with E-state index in [1.54, 1.807) is 6.92 Å². The Morgan fingerprint density at radius 1 is 1.50 bits per heavy atom. The molecule has 0 heterocycles. The van der Waals surface area contributed by atoms with E-state index >= 15 is 0 Å². The molecule has 0 amide bonds. The molecule has 0 aromatic carbocycles. The fourth-order valence-corrected chi connectivity index (χ4v) is 0.538. The van der Waals surface area contributed by atoms with Crippen LogP contribution in [0.15, 0.2) is 0 Å². The van der Waals surface area contributed by atoms with Gasteiger partial charge in [-0.1, -0.05) is 9.39 Å². The third-order valence-electron chi connectivity index (χ3n) is 0.955.